The number of anilines is 1. The molecule has 21 heavy (non-hydrogen) atoms. The lowest BCUT2D eigenvalue weighted by Crippen LogP contribution is -2.30. The number of rotatable bonds is 4. The highest BCUT2D eigenvalue weighted by Gasteiger charge is 2.09. The predicted molar refractivity (Wildman–Crippen MR) is 83.4 cm³/mol. The first-order chi connectivity index (χ1) is 10.1. The normalized spacial score (nSPS) is 10.0. The van der Waals surface area contributed by atoms with Crippen molar-refractivity contribution in [2.24, 2.45) is 0 Å². The van der Waals surface area contributed by atoms with Crippen molar-refractivity contribution in [1.82, 2.24) is 4.90 Å². The van der Waals surface area contributed by atoms with Crippen molar-refractivity contribution in [3.63, 3.8) is 0 Å². The van der Waals surface area contributed by atoms with Crippen molar-refractivity contribution in [3.05, 3.63) is 65.7 Å². The number of nitrogens with zero attached hydrogens (tertiary/aromatic N) is 1. The summed E-state index contributed by atoms with van der Waals surface area (Å²) >= 11 is 0. The number of hydrogen-bond donors (Lipinski definition) is 1. The molecule has 0 fully saturated rings. The van der Waals surface area contributed by atoms with Crippen LogP contribution >= 0.6 is 0 Å². The number of carbonyl (C=O) groups excluding carboxylic acids is 2. The number of nitrogens with one attached hydrogen (secondary N) is 1. The fourth-order valence-corrected chi connectivity index (χ4v) is 1.94. The third kappa shape index (κ3) is 4.18. The molecule has 0 saturated heterocycles. The van der Waals surface area contributed by atoms with Gasteiger partial charge in [-0.1, -0.05) is 30.3 Å². The van der Waals surface area contributed by atoms with E-state index in [0.29, 0.717) is 17.8 Å². The molecule has 108 valence electrons. The zero-order valence-corrected chi connectivity index (χ0v) is 12.2. The topological polar surface area (TPSA) is 49.4 Å². The first-order valence-corrected chi connectivity index (χ1v) is 6.73. The zero-order chi connectivity index (χ0) is 15.2. The maximum Gasteiger partial charge on any atom is 0.321 e. The molecule has 0 atom stereocenters. The Kier molecular flexibility index (Phi) is 4.72. The van der Waals surface area contributed by atoms with Gasteiger partial charge in [0.1, 0.15) is 0 Å². The summed E-state index contributed by atoms with van der Waals surface area (Å²) in [5.74, 6) is 0.00840. The van der Waals surface area contributed by atoms with Crippen molar-refractivity contribution >= 4 is 17.5 Å². The quantitative estimate of drug-likeness (QED) is 0.872. The average molecular weight is 282 g/mol. The largest absolute Gasteiger partial charge is 0.323 e. The van der Waals surface area contributed by atoms with Crippen molar-refractivity contribution in [2.75, 3.05) is 12.4 Å². The summed E-state index contributed by atoms with van der Waals surface area (Å²) in [6.07, 6.45) is 0. The summed E-state index contributed by atoms with van der Waals surface area (Å²) in [5.41, 5.74) is 2.37. The molecule has 0 unspecified atom stereocenters. The Hall–Kier alpha value is -2.62. The van der Waals surface area contributed by atoms with E-state index >= 15 is 0 Å². The molecule has 2 aromatic rings. The third-order valence-corrected chi connectivity index (χ3v) is 3.15. The minimum absolute atomic E-state index is 0.00840. The molecule has 0 bridgehead atoms. The second kappa shape index (κ2) is 6.70. The van der Waals surface area contributed by atoms with E-state index in [1.54, 1.807) is 36.2 Å². The van der Waals surface area contributed by atoms with Gasteiger partial charge in [-0.05, 0) is 36.8 Å². The number of urea groups is 1. The van der Waals surface area contributed by atoms with E-state index in [2.05, 4.69) is 5.32 Å². The van der Waals surface area contributed by atoms with Crippen LogP contribution in [0.3, 0.4) is 0 Å². The smallest absolute Gasteiger partial charge is 0.321 e. The van der Waals surface area contributed by atoms with Crippen LogP contribution in [0.25, 0.3) is 0 Å². The lowest BCUT2D eigenvalue weighted by Gasteiger charge is -2.18. The maximum atomic E-state index is 12.1. The van der Waals surface area contributed by atoms with Crippen molar-refractivity contribution in [1.29, 1.82) is 0 Å². The van der Waals surface area contributed by atoms with E-state index in [1.807, 2.05) is 30.3 Å². The van der Waals surface area contributed by atoms with Crippen LogP contribution < -0.4 is 5.32 Å². The van der Waals surface area contributed by atoms with Crippen molar-refractivity contribution in [2.45, 2.75) is 13.5 Å². The van der Waals surface area contributed by atoms with Crippen LogP contribution in [0.2, 0.25) is 0 Å². The molecule has 2 amide bonds. The number of benzene rings is 2. The molecule has 0 saturated carbocycles. The second-order valence-electron chi connectivity index (χ2n) is 4.91. The van der Waals surface area contributed by atoms with Crippen LogP contribution in [0.15, 0.2) is 54.6 Å². The van der Waals surface area contributed by atoms with Gasteiger partial charge in [0.25, 0.3) is 0 Å². The van der Waals surface area contributed by atoms with Crippen molar-refractivity contribution in [3.8, 4) is 0 Å². The first kappa shape index (κ1) is 14.8. The predicted octanol–water partition coefficient (Wildman–Crippen LogP) is 3.55. The van der Waals surface area contributed by atoms with Gasteiger partial charge >= 0.3 is 6.03 Å². The van der Waals surface area contributed by atoms with Gasteiger partial charge in [0.15, 0.2) is 5.78 Å². The van der Waals surface area contributed by atoms with Gasteiger partial charge in [-0.3, -0.25) is 4.79 Å². The lowest BCUT2D eigenvalue weighted by molar-refractivity contribution is 0.101. The molecular formula is C17H18N2O2. The first-order valence-electron chi connectivity index (χ1n) is 6.73. The minimum Gasteiger partial charge on any atom is -0.323 e. The average Bonchev–Trinajstić information content (AvgIpc) is 2.48. The number of Topliss-reactive ketones (excluding diaryl/α,β-unsaturated/α-hetero) is 1. The summed E-state index contributed by atoms with van der Waals surface area (Å²) in [6, 6.07) is 16.5. The Morgan fingerprint density at radius 2 is 1.62 bits per heavy atom. The van der Waals surface area contributed by atoms with E-state index in [9.17, 15) is 9.59 Å². The Balaban J connectivity index is 1.95. The summed E-state index contributed by atoms with van der Waals surface area (Å²) in [4.78, 5) is 24.9. The summed E-state index contributed by atoms with van der Waals surface area (Å²) in [6.45, 7) is 2.05. The maximum absolute atomic E-state index is 12.1. The Morgan fingerprint density at radius 3 is 2.19 bits per heavy atom. The van der Waals surface area contributed by atoms with Crippen LogP contribution in [0.5, 0.6) is 0 Å². The Labute approximate surface area is 124 Å². The molecular weight excluding hydrogens is 264 g/mol. The van der Waals surface area contributed by atoms with Gasteiger partial charge in [-0.2, -0.15) is 0 Å². The fourth-order valence-electron chi connectivity index (χ4n) is 1.94. The van der Waals surface area contributed by atoms with E-state index in [4.69, 9.17) is 0 Å². The molecule has 1 N–H and O–H groups in total. The van der Waals surface area contributed by atoms with E-state index < -0.39 is 0 Å². The number of hydrogen-bond acceptors (Lipinski definition) is 2. The lowest BCUT2D eigenvalue weighted by atomic mass is 10.1. The Bertz CT molecular complexity index is 621. The monoisotopic (exact) mass is 282 g/mol. The molecule has 0 heterocycles. The number of amides is 2. The van der Waals surface area contributed by atoms with Gasteiger partial charge in [0.2, 0.25) is 0 Å². The molecule has 4 nitrogen and oxygen atoms in total. The molecule has 0 aliphatic rings. The zero-order valence-electron chi connectivity index (χ0n) is 12.2. The van der Waals surface area contributed by atoms with Crippen LogP contribution in [0.1, 0.15) is 22.8 Å². The third-order valence-electron chi connectivity index (χ3n) is 3.15. The van der Waals surface area contributed by atoms with Crippen molar-refractivity contribution < 1.29 is 9.59 Å². The SMILES string of the molecule is CC(=O)c1ccc(NC(=O)N(C)Cc2ccccc2)cc1. The van der Waals surface area contributed by atoms with E-state index in [0.717, 1.165) is 5.56 Å². The Morgan fingerprint density at radius 1 is 1.00 bits per heavy atom. The van der Waals surface area contributed by atoms with Gasteiger partial charge in [-0.15, -0.1) is 0 Å². The van der Waals surface area contributed by atoms with Gasteiger partial charge in [0.05, 0.1) is 0 Å². The van der Waals surface area contributed by atoms with E-state index in [-0.39, 0.29) is 11.8 Å². The summed E-state index contributed by atoms with van der Waals surface area (Å²) in [7, 11) is 1.74. The van der Waals surface area contributed by atoms with Crippen LogP contribution in [0, 0.1) is 0 Å². The highest BCUT2D eigenvalue weighted by Crippen LogP contribution is 2.11. The molecule has 0 spiro atoms. The highest BCUT2D eigenvalue weighted by atomic mass is 16.2. The van der Waals surface area contributed by atoms with Crippen LogP contribution in [-0.2, 0) is 6.54 Å². The molecule has 0 radical (unpaired) electrons. The molecule has 0 aromatic heterocycles. The van der Waals surface area contributed by atoms with Crippen LogP contribution in [0.4, 0.5) is 10.5 Å². The minimum atomic E-state index is -0.186. The molecule has 4 heteroatoms. The van der Waals surface area contributed by atoms with Gasteiger partial charge < -0.3 is 10.2 Å². The second-order valence-corrected chi connectivity index (χ2v) is 4.91. The van der Waals surface area contributed by atoms with E-state index in [1.165, 1.54) is 6.92 Å². The highest BCUT2D eigenvalue weighted by molar-refractivity contribution is 5.95. The van der Waals surface area contributed by atoms with Gasteiger partial charge in [-0.25, -0.2) is 4.79 Å². The summed E-state index contributed by atoms with van der Waals surface area (Å²) in [5, 5.41) is 2.80. The fraction of sp³-hybridized carbons (Fsp3) is 0.176. The number of ketones is 1. The number of carbonyl (C=O) groups is 2. The van der Waals surface area contributed by atoms with Crippen LogP contribution in [-0.4, -0.2) is 23.8 Å². The molecule has 2 aromatic carbocycles. The molecule has 0 aliphatic heterocycles. The summed E-state index contributed by atoms with van der Waals surface area (Å²) < 4.78 is 0. The molecule has 2 rings (SSSR count). The standard InChI is InChI=1S/C17H18N2O2/c1-13(20)15-8-10-16(11-9-15)18-17(21)19(2)12-14-6-4-3-5-7-14/h3-11H,12H2,1-2H3,(H,18,21). The van der Waals surface area contributed by atoms with Gasteiger partial charge in [0, 0.05) is 24.8 Å². The molecule has 0 aliphatic carbocycles.